The number of ether oxygens (including phenoxy) is 2. The van der Waals surface area contributed by atoms with Gasteiger partial charge in [-0.05, 0) is 24.6 Å². The Morgan fingerprint density at radius 2 is 2.15 bits per heavy atom. The molecular weight excluding hydrogens is 376 g/mol. The van der Waals surface area contributed by atoms with Crippen LogP contribution in [0.4, 0.5) is 0 Å². The first-order valence-corrected chi connectivity index (χ1v) is 10.5. The fourth-order valence-electron chi connectivity index (χ4n) is 2.51. The van der Waals surface area contributed by atoms with E-state index < -0.39 is 16.1 Å². The molecule has 0 spiro atoms. The zero-order valence-corrected chi connectivity index (χ0v) is 15.7. The van der Waals surface area contributed by atoms with Crippen molar-refractivity contribution >= 4 is 31.4 Å². The molecule has 0 unspecified atom stereocenters. The maximum absolute atomic E-state index is 12.6. The summed E-state index contributed by atoms with van der Waals surface area (Å²) < 4.78 is 37.1. The maximum Gasteiger partial charge on any atom is 0.210 e. The lowest BCUT2D eigenvalue weighted by atomic mass is 10.2. The van der Waals surface area contributed by atoms with E-state index in [-0.39, 0.29) is 16.1 Å². The van der Waals surface area contributed by atoms with Gasteiger partial charge in [-0.2, -0.15) is 0 Å². The molecular formula is C16H18N4O4S2. The van der Waals surface area contributed by atoms with Crippen LogP contribution < -0.4 is 0 Å². The number of hydrogen-bond donors (Lipinski definition) is 0. The molecule has 2 aromatic rings. The Labute approximate surface area is 155 Å². The Morgan fingerprint density at radius 1 is 1.42 bits per heavy atom. The lowest BCUT2D eigenvalue weighted by Gasteiger charge is -2.26. The van der Waals surface area contributed by atoms with Gasteiger partial charge >= 0.3 is 0 Å². The quantitative estimate of drug-likeness (QED) is 0.322. The van der Waals surface area contributed by atoms with Crippen LogP contribution in [0.5, 0.6) is 0 Å². The monoisotopic (exact) mass is 394 g/mol. The van der Waals surface area contributed by atoms with Crippen LogP contribution in [0.25, 0.3) is 20.7 Å². The molecule has 3 rings (SSSR count). The van der Waals surface area contributed by atoms with Gasteiger partial charge in [-0.15, -0.1) is 11.3 Å². The molecule has 138 valence electrons. The summed E-state index contributed by atoms with van der Waals surface area (Å²) >= 11 is 1.18. The number of fused-ring (bicyclic) bond motifs is 1. The highest BCUT2D eigenvalue weighted by Gasteiger charge is 2.22. The molecule has 0 amide bonds. The highest BCUT2D eigenvalue weighted by Crippen LogP contribution is 2.26. The van der Waals surface area contributed by atoms with Crippen LogP contribution in [-0.4, -0.2) is 44.7 Å². The van der Waals surface area contributed by atoms with Gasteiger partial charge in [0.1, 0.15) is 0 Å². The van der Waals surface area contributed by atoms with Gasteiger partial charge in [0, 0.05) is 11.3 Å². The van der Waals surface area contributed by atoms with Crippen LogP contribution >= 0.6 is 11.3 Å². The Morgan fingerprint density at radius 3 is 2.85 bits per heavy atom. The average Bonchev–Trinajstić information content (AvgIpc) is 3.06. The standard InChI is InChI=1S/C16H18N4O4S2/c1-11(6-7-15-23-8-12(9-24-15)19-20-17)10-26(21,22)16-18-13-4-2-3-5-14(13)25-16/h2-6,12,15H,7-10H2,1H3/b11-6+. The molecule has 0 N–H and O–H groups in total. The summed E-state index contributed by atoms with van der Waals surface area (Å²) in [5, 5.41) is 3.54. The van der Waals surface area contributed by atoms with Crippen molar-refractivity contribution < 1.29 is 17.9 Å². The molecule has 0 atom stereocenters. The first-order valence-electron chi connectivity index (χ1n) is 7.99. The summed E-state index contributed by atoms with van der Waals surface area (Å²) in [6.45, 7) is 2.35. The lowest BCUT2D eigenvalue weighted by Crippen LogP contribution is -2.34. The Balaban J connectivity index is 1.60. The van der Waals surface area contributed by atoms with Gasteiger partial charge in [-0.1, -0.05) is 28.9 Å². The molecule has 26 heavy (non-hydrogen) atoms. The van der Waals surface area contributed by atoms with E-state index in [1.807, 2.05) is 18.2 Å². The van der Waals surface area contributed by atoms with E-state index in [1.165, 1.54) is 11.3 Å². The molecule has 0 aliphatic carbocycles. The van der Waals surface area contributed by atoms with Crippen molar-refractivity contribution in [3.63, 3.8) is 0 Å². The highest BCUT2D eigenvalue weighted by molar-refractivity contribution is 7.93. The Kier molecular flexibility index (Phi) is 5.90. The van der Waals surface area contributed by atoms with Gasteiger partial charge in [-0.25, -0.2) is 13.4 Å². The molecule has 10 heteroatoms. The average molecular weight is 394 g/mol. The Hall–Kier alpha value is -1.97. The fourth-order valence-corrected chi connectivity index (χ4v) is 5.24. The van der Waals surface area contributed by atoms with E-state index in [0.717, 1.165) is 4.70 Å². The number of hydrogen-bond acceptors (Lipinski definition) is 7. The third-order valence-corrected chi connectivity index (χ3v) is 7.08. The van der Waals surface area contributed by atoms with Crippen LogP contribution in [0.15, 0.2) is 45.4 Å². The second-order valence-corrected chi connectivity index (χ2v) is 9.14. The lowest BCUT2D eigenvalue weighted by molar-refractivity contribution is -0.182. The van der Waals surface area contributed by atoms with E-state index in [0.29, 0.717) is 30.7 Å². The molecule has 1 aliphatic heterocycles. The molecule has 0 saturated carbocycles. The van der Waals surface area contributed by atoms with Crippen molar-refractivity contribution in [2.45, 2.75) is 30.0 Å². The second kappa shape index (κ2) is 8.15. The van der Waals surface area contributed by atoms with Gasteiger partial charge in [-0.3, -0.25) is 0 Å². The summed E-state index contributed by atoms with van der Waals surface area (Å²) in [6.07, 6.45) is 1.77. The second-order valence-electron chi connectivity index (χ2n) is 5.95. The molecule has 1 aliphatic rings. The molecule has 1 aromatic heterocycles. The summed E-state index contributed by atoms with van der Waals surface area (Å²) in [7, 11) is -3.49. The predicted molar refractivity (Wildman–Crippen MR) is 98.7 cm³/mol. The van der Waals surface area contributed by atoms with Gasteiger partial charge in [0.2, 0.25) is 14.2 Å². The van der Waals surface area contributed by atoms with E-state index >= 15 is 0 Å². The van der Waals surface area contributed by atoms with Gasteiger partial charge in [0.15, 0.2) is 6.29 Å². The normalized spacial score (nSPS) is 21.5. The van der Waals surface area contributed by atoms with Crippen LogP contribution in [0.1, 0.15) is 13.3 Å². The van der Waals surface area contributed by atoms with Crippen molar-refractivity contribution in [3.8, 4) is 0 Å². The molecule has 1 fully saturated rings. The number of benzene rings is 1. The largest absolute Gasteiger partial charge is 0.352 e. The molecule has 2 heterocycles. The molecule has 1 saturated heterocycles. The number of sulfone groups is 1. The van der Waals surface area contributed by atoms with Crippen molar-refractivity contribution in [1.29, 1.82) is 0 Å². The number of azide groups is 1. The Bertz CT molecular complexity index is 923. The van der Waals surface area contributed by atoms with Crippen molar-refractivity contribution in [1.82, 2.24) is 4.98 Å². The summed E-state index contributed by atoms with van der Waals surface area (Å²) in [4.78, 5) is 6.95. The topological polar surface area (TPSA) is 114 Å². The first kappa shape index (κ1) is 18.8. The van der Waals surface area contributed by atoms with E-state index in [2.05, 4.69) is 15.0 Å². The predicted octanol–water partition coefficient (Wildman–Crippen LogP) is 3.46. The molecule has 8 nitrogen and oxygen atoms in total. The third-order valence-electron chi connectivity index (χ3n) is 3.78. The number of para-hydroxylation sites is 1. The molecule has 0 bridgehead atoms. The summed E-state index contributed by atoms with van der Waals surface area (Å²) in [6, 6.07) is 7.03. The van der Waals surface area contributed by atoms with Crippen molar-refractivity contribution in [2.75, 3.05) is 19.0 Å². The van der Waals surface area contributed by atoms with E-state index in [1.54, 1.807) is 19.1 Å². The number of nitrogens with zero attached hydrogens (tertiary/aromatic N) is 4. The minimum atomic E-state index is -3.49. The summed E-state index contributed by atoms with van der Waals surface area (Å²) in [5.41, 5.74) is 9.78. The van der Waals surface area contributed by atoms with Crippen molar-refractivity contribution in [2.24, 2.45) is 5.11 Å². The van der Waals surface area contributed by atoms with E-state index in [4.69, 9.17) is 15.0 Å². The molecule has 1 aromatic carbocycles. The van der Waals surface area contributed by atoms with Crippen LogP contribution in [0.3, 0.4) is 0 Å². The van der Waals surface area contributed by atoms with Crippen LogP contribution in [0, 0.1) is 0 Å². The van der Waals surface area contributed by atoms with Gasteiger partial charge in [0.05, 0.1) is 35.2 Å². The fraction of sp³-hybridized carbons (Fsp3) is 0.438. The minimum Gasteiger partial charge on any atom is -0.352 e. The van der Waals surface area contributed by atoms with Gasteiger partial charge < -0.3 is 9.47 Å². The maximum atomic E-state index is 12.6. The molecule has 0 radical (unpaired) electrons. The first-order chi connectivity index (χ1) is 12.5. The van der Waals surface area contributed by atoms with Crippen molar-refractivity contribution in [3.05, 3.63) is 46.4 Å². The van der Waals surface area contributed by atoms with Crippen LogP contribution in [-0.2, 0) is 19.3 Å². The number of thiazole rings is 1. The minimum absolute atomic E-state index is 0.0963. The zero-order chi connectivity index (χ0) is 18.6. The van der Waals surface area contributed by atoms with E-state index in [9.17, 15) is 8.42 Å². The van der Waals surface area contributed by atoms with Crippen LogP contribution in [0.2, 0.25) is 0 Å². The highest BCUT2D eigenvalue weighted by atomic mass is 32.2. The van der Waals surface area contributed by atoms with Gasteiger partial charge in [0.25, 0.3) is 0 Å². The zero-order valence-electron chi connectivity index (χ0n) is 14.1. The summed E-state index contributed by atoms with van der Waals surface area (Å²) in [5.74, 6) is -0.0963. The third kappa shape index (κ3) is 4.60. The number of rotatable bonds is 6. The SMILES string of the molecule is C/C(=C\CC1OCC(N=[N+]=[N-])CO1)CS(=O)(=O)c1nc2ccccc2s1. The smallest absolute Gasteiger partial charge is 0.210 e. The number of aromatic nitrogens is 1.